The number of hydrogen-bond acceptors (Lipinski definition) is 3. The van der Waals surface area contributed by atoms with Crippen LogP contribution in [0.4, 0.5) is 0 Å². The lowest BCUT2D eigenvalue weighted by Crippen LogP contribution is -2.51. The number of nitriles is 1. The van der Waals surface area contributed by atoms with Gasteiger partial charge in [0.2, 0.25) is 0 Å². The second kappa shape index (κ2) is 4.72. The second-order valence-electron chi connectivity index (χ2n) is 5.56. The van der Waals surface area contributed by atoms with Gasteiger partial charge in [-0.25, -0.2) is 0 Å². The summed E-state index contributed by atoms with van der Waals surface area (Å²) in [6, 6.07) is 12.8. The summed E-state index contributed by atoms with van der Waals surface area (Å²) in [5.41, 5.74) is 6.80. The largest absolute Gasteiger partial charge is 0.313 e. The van der Waals surface area contributed by atoms with Crippen molar-refractivity contribution in [3.63, 3.8) is 0 Å². The van der Waals surface area contributed by atoms with Crippen LogP contribution >= 0.6 is 0 Å². The van der Waals surface area contributed by atoms with Gasteiger partial charge in [-0.05, 0) is 45.3 Å². The van der Waals surface area contributed by atoms with Gasteiger partial charge in [0.05, 0.1) is 6.07 Å². The summed E-state index contributed by atoms with van der Waals surface area (Å²) >= 11 is 0. The van der Waals surface area contributed by atoms with Gasteiger partial charge in [-0.15, -0.1) is 0 Å². The van der Waals surface area contributed by atoms with E-state index in [1.165, 1.54) is 5.56 Å². The molecule has 0 heterocycles. The molecule has 3 nitrogen and oxygen atoms in total. The fraction of sp³-hybridized carbons (Fsp3) is 0.533. The third-order valence-electron chi connectivity index (χ3n) is 4.36. The number of nitrogens with zero attached hydrogens (tertiary/aromatic N) is 2. The molecule has 2 rings (SSSR count). The van der Waals surface area contributed by atoms with Gasteiger partial charge in [-0.2, -0.15) is 5.26 Å². The monoisotopic (exact) mass is 243 g/mol. The molecule has 96 valence electrons. The first-order valence-corrected chi connectivity index (χ1v) is 6.46. The van der Waals surface area contributed by atoms with E-state index in [4.69, 9.17) is 11.0 Å². The highest BCUT2D eigenvalue weighted by Crippen LogP contribution is 2.43. The van der Waals surface area contributed by atoms with Crippen LogP contribution in [0, 0.1) is 11.3 Å². The lowest BCUT2D eigenvalue weighted by molar-refractivity contribution is 0.0798. The van der Waals surface area contributed by atoms with Crippen molar-refractivity contribution in [2.45, 2.75) is 36.8 Å². The number of hydrogen-bond donors (Lipinski definition) is 1. The summed E-state index contributed by atoms with van der Waals surface area (Å²) in [6.45, 7) is 0. The van der Waals surface area contributed by atoms with E-state index in [9.17, 15) is 0 Å². The molecule has 0 amide bonds. The summed E-state index contributed by atoms with van der Waals surface area (Å²) in [5, 5.41) is 9.14. The highest BCUT2D eigenvalue weighted by molar-refractivity contribution is 5.27. The minimum atomic E-state index is -0.631. The van der Waals surface area contributed by atoms with Crippen molar-refractivity contribution in [2.75, 3.05) is 14.1 Å². The Morgan fingerprint density at radius 2 is 1.67 bits per heavy atom. The van der Waals surface area contributed by atoms with Crippen LogP contribution in [0.5, 0.6) is 0 Å². The van der Waals surface area contributed by atoms with E-state index in [0.717, 1.165) is 25.7 Å². The predicted molar refractivity (Wildman–Crippen MR) is 72.8 cm³/mol. The Bertz CT molecular complexity index is 437. The van der Waals surface area contributed by atoms with Gasteiger partial charge < -0.3 is 5.73 Å². The molecule has 0 radical (unpaired) electrons. The minimum absolute atomic E-state index is 0.0288. The summed E-state index contributed by atoms with van der Waals surface area (Å²) in [4.78, 5) is 2.28. The van der Waals surface area contributed by atoms with Gasteiger partial charge in [-0.3, -0.25) is 4.90 Å². The zero-order chi connectivity index (χ0) is 13.2. The topological polar surface area (TPSA) is 53.0 Å². The van der Waals surface area contributed by atoms with Crippen LogP contribution in [0.3, 0.4) is 0 Å². The Balaban J connectivity index is 2.30. The van der Waals surface area contributed by atoms with Crippen LogP contribution in [0.15, 0.2) is 30.3 Å². The van der Waals surface area contributed by atoms with E-state index in [1.54, 1.807) is 0 Å². The van der Waals surface area contributed by atoms with E-state index < -0.39 is 5.54 Å². The van der Waals surface area contributed by atoms with Crippen molar-refractivity contribution in [3.05, 3.63) is 35.9 Å². The van der Waals surface area contributed by atoms with Crippen LogP contribution in [-0.2, 0) is 5.54 Å². The van der Waals surface area contributed by atoms with Gasteiger partial charge >= 0.3 is 0 Å². The van der Waals surface area contributed by atoms with Crippen molar-refractivity contribution >= 4 is 0 Å². The molecule has 1 aliphatic rings. The van der Waals surface area contributed by atoms with Crippen molar-refractivity contribution in [1.82, 2.24) is 4.90 Å². The maximum absolute atomic E-state index is 9.14. The lowest BCUT2D eigenvalue weighted by atomic mass is 9.69. The van der Waals surface area contributed by atoms with Gasteiger partial charge in [0, 0.05) is 5.54 Å². The summed E-state index contributed by atoms with van der Waals surface area (Å²) in [5.74, 6) is 0. The Morgan fingerprint density at radius 1 is 1.11 bits per heavy atom. The van der Waals surface area contributed by atoms with Gasteiger partial charge in [0.1, 0.15) is 5.54 Å². The summed E-state index contributed by atoms with van der Waals surface area (Å²) < 4.78 is 0. The molecule has 0 bridgehead atoms. The number of nitrogens with two attached hydrogens (primary N) is 1. The Labute approximate surface area is 109 Å². The van der Waals surface area contributed by atoms with E-state index >= 15 is 0 Å². The first-order valence-electron chi connectivity index (χ1n) is 6.46. The molecule has 18 heavy (non-hydrogen) atoms. The molecule has 0 saturated heterocycles. The fourth-order valence-corrected chi connectivity index (χ4v) is 2.96. The van der Waals surface area contributed by atoms with E-state index in [-0.39, 0.29) is 5.54 Å². The van der Waals surface area contributed by atoms with E-state index in [1.807, 2.05) is 6.07 Å². The Kier molecular flexibility index (Phi) is 3.43. The third-order valence-corrected chi connectivity index (χ3v) is 4.36. The molecule has 1 aliphatic carbocycles. The van der Waals surface area contributed by atoms with Crippen molar-refractivity contribution < 1.29 is 0 Å². The fourth-order valence-electron chi connectivity index (χ4n) is 2.96. The van der Waals surface area contributed by atoms with Gasteiger partial charge in [0.15, 0.2) is 0 Å². The zero-order valence-electron chi connectivity index (χ0n) is 11.2. The normalized spacial score (nSPS) is 32.2. The molecule has 0 spiro atoms. The number of benzene rings is 1. The quantitative estimate of drug-likeness (QED) is 0.866. The third kappa shape index (κ3) is 2.14. The summed E-state index contributed by atoms with van der Waals surface area (Å²) in [7, 11) is 4.23. The highest BCUT2D eigenvalue weighted by Gasteiger charge is 2.43. The maximum Gasteiger partial charge on any atom is 0.104 e. The SMILES string of the molecule is CN(C)C1(c2ccccc2)CCC(N)(C#N)CC1. The van der Waals surface area contributed by atoms with Gasteiger partial charge in [-0.1, -0.05) is 30.3 Å². The first kappa shape index (κ1) is 13.1. The molecule has 0 atom stereocenters. The molecule has 1 fully saturated rings. The molecule has 3 heteroatoms. The zero-order valence-corrected chi connectivity index (χ0v) is 11.2. The molecule has 1 aromatic rings. The molecular weight excluding hydrogens is 222 g/mol. The van der Waals surface area contributed by atoms with E-state index in [0.29, 0.717) is 0 Å². The van der Waals surface area contributed by atoms with Crippen molar-refractivity contribution in [3.8, 4) is 6.07 Å². The molecule has 0 aromatic heterocycles. The van der Waals surface area contributed by atoms with Crippen LogP contribution in [0.2, 0.25) is 0 Å². The Morgan fingerprint density at radius 3 is 2.11 bits per heavy atom. The van der Waals surface area contributed by atoms with Crippen molar-refractivity contribution in [1.29, 1.82) is 5.26 Å². The number of rotatable bonds is 2. The molecule has 1 saturated carbocycles. The van der Waals surface area contributed by atoms with Crippen LogP contribution in [0.1, 0.15) is 31.2 Å². The smallest absolute Gasteiger partial charge is 0.104 e. The lowest BCUT2D eigenvalue weighted by Gasteiger charge is -2.47. The maximum atomic E-state index is 9.14. The minimum Gasteiger partial charge on any atom is -0.313 e. The van der Waals surface area contributed by atoms with E-state index in [2.05, 4.69) is 49.3 Å². The second-order valence-corrected chi connectivity index (χ2v) is 5.56. The van der Waals surface area contributed by atoms with Gasteiger partial charge in [0.25, 0.3) is 0 Å². The molecule has 0 unspecified atom stereocenters. The summed E-state index contributed by atoms with van der Waals surface area (Å²) in [6.07, 6.45) is 3.40. The predicted octanol–water partition coefficient (Wildman–Crippen LogP) is 2.24. The highest BCUT2D eigenvalue weighted by atomic mass is 15.1. The molecular formula is C15H21N3. The molecule has 0 aliphatic heterocycles. The molecule has 2 N–H and O–H groups in total. The van der Waals surface area contributed by atoms with Crippen LogP contribution in [-0.4, -0.2) is 24.5 Å². The standard InChI is InChI=1S/C15H21N3/c1-18(2)15(13-6-4-3-5-7-13)10-8-14(17,12-16)9-11-15/h3-7H,8-11,17H2,1-2H3. The average molecular weight is 243 g/mol. The van der Waals surface area contributed by atoms with Crippen LogP contribution < -0.4 is 5.73 Å². The van der Waals surface area contributed by atoms with Crippen molar-refractivity contribution in [2.24, 2.45) is 5.73 Å². The average Bonchev–Trinajstić information content (AvgIpc) is 2.40. The van der Waals surface area contributed by atoms with Crippen LogP contribution in [0.25, 0.3) is 0 Å². The Hall–Kier alpha value is -1.37. The molecule has 1 aromatic carbocycles. The first-order chi connectivity index (χ1) is 8.52.